The molecule has 36 heavy (non-hydrogen) atoms. The first-order valence-electron chi connectivity index (χ1n) is 12.7. The highest BCUT2D eigenvalue weighted by Gasteiger charge is 2.21. The van der Waals surface area contributed by atoms with Crippen molar-refractivity contribution in [1.82, 2.24) is 14.8 Å². The van der Waals surface area contributed by atoms with Crippen molar-refractivity contribution < 1.29 is 13.6 Å². The first-order valence-corrected chi connectivity index (χ1v) is 12.7. The van der Waals surface area contributed by atoms with Crippen LogP contribution >= 0.6 is 0 Å². The number of nitrogens with zero attached hydrogens (tertiary/aromatic N) is 3. The molecule has 4 aromatic rings. The minimum atomic E-state index is -0.287. The molecule has 1 aliphatic heterocycles. The summed E-state index contributed by atoms with van der Waals surface area (Å²) in [5, 5.41) is 1.04. The Morgan fingerprint density at radius 2 is 1.64 bits per heavy atom. The SMILES string of the molecule is CCOc1ccc(-c2nc(CN3CCN(Cc4cc(=O)oc5ccc(CC)cc45)CC3)c(C)o2)cc1. The molecule has 7 nitrogen and oxygen atoms in total. The fraction of sp³-hybridized carbons (Fsp3) is 0.379. The molecule has 0 spiro atoms. The van der Waals surface area contributed by atoms with Crippen LogP contribution in [0.4, 0.5) is 0 Å². The predicted molar refractivity (Wildman–Crippen MR) is 140 cm³/mol. The molecule has 0 amide bonds. The second-order valence-corrected chi connectivity index (χ2v) is 9.31. The summed E-state index contributed by atoms with van der Waals surface area (Å²) in [6.07, 6.45) is 0.953. The van der Waals surface area contributed by atoms with E-state index in [1.54, 1.807) is 6.07 Å². The number of fused-ring (bicyclic) bond motifs is 1. The van der Waals surface area contributed by atoms with Crippen LogP contribution in [0.25, 0.3) is 22.4 Å². The maximum Gasteiger partial charge on any atom is 0.336 e. The molecular formula is C29H33N3O4. The van der Waals surface area contributed by atoms with Crippen LogP contribution in [0, 0.1) is 6.92 Å². The van der Waals surface area contributed by atoms with Crippen LogP contribution in [-0.2, 0) is 19.5 Å². The van der Waals surface area contributed by atoms with E-state index in [1.807, 2.05) is 50.2 Å². The van der Waals surface area contributed by atoms with Crippen molar-refractivity contribution in [2.75, 3.05) is 32.8 Å². The monoisotopic (exact) mass is 487 g/mol. The smallest absolute Gasteiger partial charge is 0.336 e. The van der Waals surface area contributed by atoms with Gasteiger partial charge in [0.1, 0.15) is 17.1 Å². The van der Waals surface area contributed by atoms with Gasteiger partial charge in [-0.15, -0.1) is 0 Å². The van der Waals surface area contributed by atoms with Crippen LogP contribution in [0.5, 0.6) is 5.75 Å². The van der Waals surface area contributed by atoms with Gasteiger partial charge in [0.2, 0.25) is 5.89 Å². The average molecular weight is 488 g/mol. The lowest BCUT2D eigenvalue weighted by Crippen LogP contribution is -2.45. The van der Waals surface area contributed by atoms with E-state index in [2.05, 4.69) is 22.8 Å². The quantitative estimate of drug-likeness (QED) is 0.323. The molecule has 0 radical (unpaired) electrons. The molecule has 0 saturated carbocycles. The van der Waals surface area contributed by atoms with E-state index >= 15 is 0 Å². The first-order chi connectivity index (χ1) is 17.5. The van der Waals surface area contributed by atoms with Crippen LogP contribution in [0.3, 0.4) is 0 Å². The fourth-order valence-electron chi connectivity index (χ4n) is 4.74. The van der Waals surface area contributed by atoms with E-state index in [0.29, 0.717) is 18.1 Å². The molecule has 5 rings (SSSR count). The highest BCUT2D eigenvalue weighted by Crippen LogP contribution is 2.26. The maximum atomic E-state index is 12.1. The summed E-state index contributed by atoms with van der Waals surface area (Å²) in [4.78, 5) is 21.7. The fourth-order valence-corrected chi connectivity index (χ4v) is 4.74. The molecule has 7 heteroatoms. The molecule has 2 aromatic heterocycles. The number of benzene rings is 2. The molecule has 0 unspecified atom stereocenters. The highest BCUT2D eigenvalue weighted by atomic mass is 16.5. The molecule has 0 N–H and O–H groups in total. The molecule has 1 fully saturated rings. The van der Waals surface area contributed by atoms with Gasteiger partial charge in [-0.2, -0.15) is 0 Å². The Hall–Kier alpha value is -3.42. The number of piperazine rings is 1. The molecular weight excluding hydrogens is 454 g/mol. The summed E-state index contributed by atoms with van der Waals surface area (Å²) < 4.78 is 16.9. The van der Waals surface area contributed by atoms with Gasteiger partial charge >= 0.3 is 5.63 Å². The largest absolute Gasteiger partial charge is 0.494 e. The predicted octanol–water partition coefficient (Wildman–Crippen LogP) is 5.04. The topological polar surface area (TPSA) is 72.0 Å². The number of aromatic nitrogens is 1. The average Bonchev–Trinajstić information content (AvgIpc) is 3.25. The number of oxazole rings is 1. The molecule has 188 valence electrons. The zero-order valence-corrected chi connectivity index (χ0v) is 21.3. The molecule has 1 aliphatic rings. The van der Waals surface area contributed by atoms with Gasteiger partial charge < -0.3 is 13.6 Å². The molecule has 1 saturated heterocycles. The zero-order chi connectivity index (χ0) is 25.1. The molecule has 3 heterocycles. The second kappa shape index (κ2) is 10.7. The number of hydrogen-bond acceptors (Lipinski definition) is 7. The zero-order valence-electron chi connectivity index (χ0n) is 21.3. The molecule has 0 aliphatic carbocycles. The molecule has 0 bridgehead atoms. The number of ether oxygens (including phenoxy) is 1. The van der Waals surface area contributed by atoms with Crippen molar-refractivity contribution in [3.63, 3.8) is 0 Å². The van der Waals surface area contributed by atoms with Crippen molar-refractivity contribution in [1.29, 1.82) is 0 Å². The third-order valence-corrected chi connectivity index (χ3v) is 6.84. The number of aryl methyl sites for hydroxylation is 2. The van der Waals surface area contributed by atoms with Gasteiger partial charge in [-0.3, -0.25) is 9.80 Å². The Bertz CT molecular complexity index is 1380. The lowest BCUT2D eigenvalue weighted by atomic mass is 10.0. The molecule has 2 aromatic carbocycles. The van der Waals surface area contributed by atoms with Gasteiger partial charge in [-0.25, -0.2) is 9.78 Å². The van der Waals surface area contributed by atoms with Crippen LogP contribution < -0.4 is 10.4 Å². The third-order valence-electron chi connectivity index (χ3n) is 6.84. The Kier molecular flexibility index (Phi) is 7.20. The summed E-state index contributed by atoms with van der Waals surface area (Å²) in [6, 6.07) is 15.6. The lowest BCUT2D eigenvalue weighted by molar-refractivity contribution is 0.121. The van der Waals surface area contributed by atoms with E-state index in [0.717, 1.165) is 79.4 Å². The Balaban J connectivity index is 1.22. The van der Waals surface area contributed by atoms with Crippen LogP contribution in [-0.4, -0.2) is 47.6 Å². The minimum Gasteiger partial charge on any atom is -0.494 e. The third kappa shape index (κ3) is 5.37. The van der Waals surface area contributed by atoms with E-state index < -0.39 is 0 Å². The van der Waals surface area contributed by atoms with E-state index in [9.17, 15) is 4.79 Å². The van der Waals surface area contributed by atoms with E-state index in [4.69, 9.17) is 18.6 Å². The summed E-state index contributed by atoms with van der Waals surface area (Å²) in [6.45, 7) is 12.0. The lowest BCUT2D eigenvalue weighted by Gasteiger charge is -2.34. The summed E-state index contributed by atoms with van der Waals surface area (Å²) in [7, 11) is 0. The van der Waals surface area contributed by atoms with Crippen molar-refractivity contribution in [2.24, 2.45) is 0 Å². The van der Waals surface area contributed by atoms with Crippen molar-refractivity contribution in [3.05, 3.63) is 81.5 Å². The van der Waals surface area contributed by atoms with Gasteiger partial charge in [-0.05, 0) is 67.8 Å². The number of rotatable bonds is 8. The van der Waals surface area contributed by atoms with Crippen molar-refractivity contribution in [3.8, 4) is 17.2 Å². The van der Waals surface area contributed by atoms with Crippen molar-refractivity contribution in [2.45, 2.75) is 40.3 Å². The summed E-state index contributed by atoms with van der Waals surface area (Å²) in [5.74, 6) is 2.35. The maximum absolute atomic E-state index is 12.1. The van der Waals surface area contributed by atoms with Gasteiger partial charge in [0, 0.05) is 56.3 Å². The first kappa shape index (κ1) is 24.3. The number of hydrogen-bond donors (Lipinski definition) is 0. The minimum absolute atomic E-state index is 0.287. The highest BCUT2D eigenvalue weighted by molar-refractivity contribution is 5.81. The summed E-state index contributed by atoms with van der Waals surface area (Å²) in [5.41, 5.74) is 4.59. The van der Waals surface area contributed by atoms with Gasteiger partial charge in [0.25, 0.3) is 0 Å². The Labute approximate surface area is 211 Å². The van der Waals surface area contributed by atoms with Gasteiger partial charge in [0.15, 0.2) is 0 Å². The summed E-state index contributed by atoms with van der Waals surface area (Å²) >= 11 is 0. The Morgan fingerprint density at radius 1 is 0.917 bits per heavy atom. The van der Waals surface area contributed by atoms with E-state index in [-0.39, 0.29) is 5.63 Å². The van der Waals surface area contributed by atoms with Gasteiger partial charge in [0.05, 0.1) is 12.3 Å². The van der Waals surface area contributed by atoms with Crippen molar-refractivity contribution >= 4 is 11.0 Å². The normalized spacial score (nSPS) is 15.0. The van der Waals surface area contributed by atoms with Crippen LogP contribution in [0.1, 0.15) is 36.4 Å². The van der Waals surface area contributed by atoms with Crippen LogP contribution in [0.2, 0.25) is 0 Å². The Morgan fingerprint density at radius 3 is 2.33 bits per heavy atom. The standard InChI is InChI=1S/C29H33N3O4/c1-4-21-6-11-27-25(16-21)23(17-28(33)36-27)18-31-12-14-32(15-13-31)19-26-20(3)35-29(30-26)22-7-9-24(10-8-22)34-5-2/h6-11,16-17H,4-5,12-15,18-19H2,1-3H3. The van der Waals surface area contributed by atoms with E-state index in [1.165, 1.54) is 5.56 Å². The second-order valence-electron chi connectivity index (χ2n) is 9.31. The van der Waals surface area contributed by atoms with Crippen LogP contribution in [0.15, 0.2) is 62.2 Å². The van der Waals surface area contributed by atoms with Gasteiger partial charge in [-0.1, -0.05) is 13.0 Å². The molecule has 0 atom stereocenters.